The predicted molar refractivity (Wildman–Crippen MR) is 75.6 cm³/mol. The zero-order chi connectivity index (χ0) is 14.3. The first-order chi connectivity index (χ1) is 9.10. The summed E-state index contributed by atoms with van der Waals surface area (Å²) in [4.78, 5) is 23.1. The van der Waals surface area contributed by atoms with Crippen molar-refractivity contribution >= 4 is 23.2 Å². The van der Waals surface area contributed by atoms with Gasteiger partial charge < -0.3 is 10.6 Å². The molecule has 7 heteroatoms. The number of amides is 1. The summed E-state index contributed by atoms with van der Waals surface area (Å²) in [5.41, 5.74) is 0.148. The van der Waals surface area contributed by atoms with Crippen molar-refractivity contribution in [1.82, 2.24) is 15.1 Å². The summed E-state index contributed by atoms with van der Waals surface area (Å²) in [6.07, 6.45) is 2.65. The Hall–Kier alpha value is -1.56. The first kappa shape index (κ1) is 15.5. The van der Waals surface area contributed by atoms with Crippen LogP contribution in [-0.2, 0) is 11.3 Å². The highest BCUT2D eigenvalue weighted by molar-refractivity contribution is 6.32. The number of halogens is 1. The third-order valence-electron chi connectivity index (χ3n) is 2.46. The first-order valence-electron chi connectivity index (χ1n) is 6.36. The normalized spacial score (nSPS) is 10.3. The van der Waals surface area contributed by atoms with Crippen molar-refractivity contribution in [2.24, 2.45) is 0 Å². The van der Waals surface area contributed by atoms with Crippen LogP contribution in [0.4, 0.5) is 5.69 Å². The van der Waals surface area contributed by atoms with Crippen LogP contribution in [0.5, 0.6) is 0 Å². The van der Waals surface area contributed by atoms with Gasteiger partial charge in [-0.25, -0.2) is 4.68 Å². The van der Waals surface area contributed by atoms with E-state index in [-0.39, 0.29) is 16.5 Å². The van der Waals surface area contributed by atoms with Gasteiger partial charge in [-0.3, -0.25) is 9.59 Å². The first-order valence-corrected chi connectivity index (χ1v) is 6.74. The van der Waals surface area contributed by atoms with E-state index in [4.69, 9.17) is 11.6 Å². The van der Waals surface area contributed by atoms with Crippen LogP contribution in [0, 0.1) is 0 Å². The number of nitrogens with one attached hydrogen (secondary N) is 2. The molecule has 0 aromatic carbocycles. The van der Waals surface area contributed by atoms with Crippen molar-refractivity contribution in [3.05, 3.63) is 21.6 Å². The van der Waals surface area contributed by atoms with Crippen molar-refractivity contribution in [1.29, 1.82) is 0 Å². The maximum Gasteiger partial charge on any atom is 0.287 e. The molecule has 0 spiro atoms. The van der Waals surface area contributed by atoms with Crippen LogP contribution in [0.15, 0.2) is 11.0 Å². The minimum absolute atomic E-state index is 0.0431. The molecular weight excluding hydrogens is 268 g/mol. The lowest BCUT2D eigenvalue weighted by molar-refractivity contribution is -0.120. The summed E-state index contributed by atoms with van der Waals surface area (Å²) in [5, 5.41) is 9.76. The third kappa shape index (κ3) is 4.55. The van der Waals surface area contributed by atoms with Gasteiger partial charge in [0, 0.05) is 26.1 Å². The van der Waals surface area contributed by atoms with E-state index in [1.807, 2.05) is 13.8 Å². The van der Waals surface area contributed by atoms with Gasteiger partial charge in [-0.1, -0.05) is 18.5 Å². The molecule has 0 radical (unpaired) electrons. The number of hydrogen-bond donors (Lipinski definition) is 2. The average Bonchev–Trinajstić information content (AvgIpc) is 2.38. The Balaban J connectivity index is 2.62. The zero-order valence-corrected chi connectivity index (χ0v) is 12.0. The average molecular weight is 287 g/mol. The number of hydrogen-bond acceptors (Lipinski definition) is 4. The highest BCUT2D eigenvalue weighted by Gasteiger charge is 2.08. The summed E-state index contributed by atoms with van der Waals surface area (Å²) < 4.78 is 1.33. The van der Waals surface area contributed by atoms with Gasteiger partial charge in [-0.15, -0.1) is 0 Å². The molecular formula is C12H19ClN4O2. The van der Waals surface area contributed by atoms with Crippen molar-refractivity contribution in [2.45, 2.75) is 33.2 Å². The van der Waals surface area contributed by atoms with E-state index < -0.39 is 0 Å². The van der Waals surface area contributed by atoms with Crippen LogP contribution in [0.2, 0.25) is 5.02 Å². The fraction of sp³-hybridized carbons (Fsp3) is 0.583. The fourth-order valence-corrected chi connectivity index (χ4v) is 1.77. The third-order valence-corrected chi connectivity index (χ3v) is 2.83. The predicted octanol–water partition coefficient (Wildman–Crippen LogP) is 1.24. The molecule has 106 valence electrons. The molecule has 1 aromatic heterocycles. The molecule has 1 aromatic rings. The number of aryl methyl sites for hydroxylation is 1. The standard InChI is InChI=1S/C12H19ClN4O2/c1-3-7-17-12(19)11(13)9(8-16-17)15-6-5-10(18)14-4-2/h8,15H,3-7H2,1-2H3,(H,14,18). The molecule has 0 aliphatic heterocycles. The maximum absolute atomic E-state index is 11.8. The van der Waals surface area contributed by atoms with Gasteiger partial charge >= 0.3 is 0 Å². The van der Waals surface area contributed by atoms with Crippen LogP contribution >= 0.6 is 11.6 Å². The van der Waals surface area contributed by atoms with Crippen molar-refractivity contribution in [3.63, 3.8) is 0 Å². The van der Waals surface area contributed by atoms with Gasteiger partial charge in [0.15, 0.2) is 0 Å². The van der Waals surface area contributed by atoms with Gasteiger partial charge in [0.2, 0.25) is 5.91 Å². The van der Waals surface area contributed by atoms with E-state index in [2.05, 4.69) is 15.7 Å². The molecule has 0 atom stereocenters. The summed E-state index contributed by atoms with van der Waals surface area (Å²) in [5.74, 6) is -0.0431. The second-order valence-electron chi connectivity index (χ2n) is 4.03. The molecule has 0 aliphatic rings. The number of carbonyl (C=O) groups excluding carboxylic acids is 1. The molecule has 0 bridgehead atoms. The largest absolute Gasteiger partial charge is 0.382 e. The molecule has 1 amide bonds. The van der Waals surface area contributed by atoms with Gasteiger partial charge in [-0.2, -0.15) is 5.10 Å². The van der Waals surface area contributed by atoms with Crippen molar-refractivity contribution in [2.75, 3.05) is 18.4 Å². The lowest BCUT2D eigenvalue weighted by Gasteiger charge is -2.09. The molecule has 1 heterocycles. The van der Waals surface area contributed by atoms with E-state index in [1.54, 1.807) is 0 Å². The van der Waals surface area contributed by atoms with Crippen LogP contribution in [-0.4, -0.2) is 28.8 Å². The Kier molecular flexibility index (Phi) is 6.35. The van der Waals surface area contributed by atoms with Gasteiger partial charge in [0.1, 0.15) is 5.02 Å². The number of carbonyl (C=O) groups is 1. The molecule has 0 fully saturated rings. The number of rotatable bonds is 7. The smallest absolute Gasteiger partial charge is 0.287 e. The molecule has 0 saturated carbocycles. The van der Waals surface area contributed by atoms with Gasteiger partial charge in [0.25, 0.3) is 5.56 Å². The highest BCUT2D eigenvalue weighted by atomic mass is 35.5. The summed E-state index contributed by atoms with van der Waals surface area (Å²) >= 11 is 5.97. The lowest BCUT2D eigenvalue weighted by Crippen LogP contribution is -2.26. The molecule has 19 heavy (non-hydrogen) atoms. The van der Waals surface area contributed by atoms with E-state index in [9.17, 15) is 9.59 Å². The second-order valence-corrected chi connectivity index (χ2v) is 4.41. The van der Waals surface area contributed by atoms with Gasteiger partial charge in [0.05, 0.1) is 11.9 Å². The van der Waals surface area contributed by atoms with Crippen LogP contribution in [0.25, 0.3) is 0 Å². The van der Waals surface area contributed by atoms with E-state index >= 15 is 0 Å². The molecule has 0 unspecified atom stereocenters. The van der Waals surface area contributed by atoms with E-state index in [0.29, 0.717) is 31.7 Å². The fourth-order valence-electron chi connectivity index (χ4n) is 1.56. The minimum atomic E-state index is -0.313. The van der Waals surface area contributed by atoms with E-state index in [0.717, 1.165) is 6.42 Å². The quantitative estimate of drug-likeness (QED) is 0.791. The second kappa shape index (κ2) is 7.78. The Bertz CT molecular complexity index is 487. The molecule has 0 aliphatic carbocycles. The SMILES string of the molecule is CCCn1ncc(NCCC(=O)NCC)c(Cl)c1=O. The zero-order valence-electron chi connectivity index (χ0n) is 11.2. The highest BCUT2D eigenvalue weighted by Crippen LogP contribution is 2.14. The minimum Gasteiger partial charge on any atom is -0.382 e. The molecule has 1 rings (SSSR count). The Labute approximate surface area is 117 Å². The van der Waals surface area contributed by atoms with Crippen molar-refractivity contribution < 1.29 is 4.79 Å². The van der Waals surface area contributed by atoms with E-state index in [1.165, 1.54) is 10.9 Å². The van der Waals surface area contributed by atoms with Crippen LogP contribution in [0.3, 0.4) is 0 Å². The Morgan fingerprint density at radius 2 is 2.21 bits per heavy atom. The summed E-state index contributed by atoms with van der Waals surface area (Å²) in [6, 6.07) is 0. The van der Waals surface area contributed by atoms with Crippen LogP contribution < -0.4 is 16.2 Å². The molecule has 0 saturated heterocycles. The summed E-state index contributed by atoms with van der Waals surface area (Å²) in [6.45, 7) is 5.37. The lowest BCUT2D eigenvalue weighted by atomic mass is 10.3. The Morgan fingerprint density at radius 1 is 1.47 bits per heavy atom. The Morgan fingerprint density at radius 3 is 2.84 bits per heavy atom. The number of aromatic nitrogens is 2. The number of nitrogens with zero attached hydrogens (tertiary/aromatic N) is 2. The molecule has 6 nitrogen and oxygen atoms in total. The van der Waals surface area contributed by atoms with Crippen LogP contribution in [0.1, 0.15) is 26.7 Å². The topological polar surface area (TPSA) is 76.0 Å². The monoisotopic (exact) mass is 286 g/mol. The maximum atomic E-state index is 11.8. The van der Waals surface area contributed by atoms with Gasteiger partial charge in [-0.05, 0) is 13.3 Å². The molecule has 2 N–H and O–H groups in total. The number of anilines is 1. The summed E-state index contributed by atoms with van der Waals surface area (Å²) in [7, 11) is 0. The van der Waals surface area contributed by atoms with Crippen molar-refractivity contribution in [3.8, 4) is 0 Å².